The number of hydrogen-bond acceptors (Lipinski definition) is 3. The van der Waals surface area contributed by atoms with Crippen LogP contribution in [-0.4, -0.2) is 26.0 Å². The van der Waals surface area contributed by atoms with Crippen LogP contribution >= 0.6 is 12.4 Å². The second-order valence-corrected chi connectivity index (χ2v) is 2.09. The topological polar surface area (TPSA) is 53.2 Å². The molecule has 0 spiro atoms. The molecule has 1 amide bonds. The smallest absolute Gasteiger partial charge is 0.239 e. The van der Waals surface area contributed by atoms with Crippen molar-refractivity contribution in [3.63, 3.8) is 0 Å². The highest BCUT2D eigenvalue weighted by atomic mass is 35.5. The van der Waals surface area contributed by atoms with Gasteiger partial charge in [-0.15, -0.1) is 12.4 Å². The van der Waals surface area contributed by atoms with Gasteiger partial charge in [0.15, 0.2) is 0 Å². The molecule has 1 fully saturated rings. The first-order valence-electron chi connectivity index (χ1n) is 3.02. The van der Waals surface area contributed by atoms with E-state index >= 15 is 0 Å². The molecule has 60 valence electrons. The average molecular weight is 166 g/mol. The fourth-order valence-corrected chi connectivity index (χ4v) is 0.699. The van der Waals surface area contributed by atoms with Crippen molar-refractivity contribution >= 4 is 18.3 Å². The van der Waals surface area contributed by atoms with Crippen LogP contribution in [0.25, 0.3) is 0 Å². The lowest BCUT2D eigenvalue weighted by Gasteiger charge is -2.25. The van der Waals surface area contributed by atoms with E-state index in [4.69, 9.17) is 0 Å². The molecule has 10 heavy (non-hydrogen) atoms. The summed E-state index contributed by atoms with van der Waals surface area (Å²) < 4.78 is 0. The van der Waals surface area contributed by atoms with Crippen LogP contribution < -0.4 is 16.2 Å². The molecule has 3 N–H and O–H groups in total. The van der Waals surface area contributed by atoms with Crippen molar-refractivity contribution in [1.82, 2.24) is 16.2 Å². The summed E-state index contributed by atoms with van der Waals surface area (Å²) in [6.45, 7) is 1.63. The van der Waals surface area contributed by atoms with E-state index in [1.807, 2.05) is 0 Å². The third kappa shape index (κ3) is 2.13. The maximum absolute atomic E-state index is 10.8. The Labute approximate surface area is 66.1 Å². The second-order valence-electron chi connectivity index (χ2n) is 2.09. The zero-order valence-electron chi connectivity index (χ0n) is 5.81. The van der Waals surface area contributed by atoms with Crippen LogP contribution in [0.5, 0.6) is 0 Å². The van der Waals surface area contributed by atoms with Gasteiger partial charge in [-0.2, -0.15) is 0 Å². The molecule has 1 rings (SSSR count). The van der Waals surface area contributed by atoms with Gasteiger partial charge in [0.25, 0.3) is 0 Å². The summed E-state index contributed by atoms with van der Waals surface area (Å²) >= 11 is 0. The standard InChI is InChI=1S/C5H11N3O.ClH/c1-6-8-5(9)4-2-7-3-4;/h4,6-7H,2-3H2,1H3,(H,8,9);1H. The minimum absolute atomic E-state index is 0. The molecule has 0 aliphatic carbocycles. The Hall–Kier alpha value is -0.320. The number of halogens is 1. The SMILES string of the molecule is CNNC(=O)C1CNC1.Cl. The monoisotopic (exact) mass is 165 g/mol. The van der Waals surface area contributed by atoms with Crippen LogP contribution in [0.15, 0.2) is 0 Å². The molecule has 0 bridgehead atoms. The number of hydrazine groups is 1. The molecule has 1 aliphatic rings. The van der Waals surface area contributed by atoms with Crippen molar-refractivity contribution in [3.05, 3.63) is 0 Å². The molecule has 1 heterocycles. The number of carbonyl (C=O) groups excluding carboxylic acids is 1. The van der Waals surface area contributed by atoms with Crippen molar-refractivity contribution in [2.24, 2.45) is 5.92 Å². The summed E-state index contributed by atoms with van der Waals surface area (Å²) in [5, 5.41) is 3.01. The molecule has 5 heteroatoms. The normalized spacial score (nSPS) is 16.9. The highest BCUT2D eigenvalue weighted by molar-refractivity contribution is 5.85. The first-order valence-corrected chi connectivity index (χ1v) is 3.02. The van der Waals surface area contributed by atoms with Gasteiger partial charge < -0.3 is 5.32 Å². The quantitative estimate of drug-likeness (QED) is 0.455. The van der Waals surface area contributed by atoms with Crippen LogP contribution in [0.4, 0.5) is 0 Å². The van der Waals surface area contributed by atoms with Gasteiger partial charge >= 0.3 is 0 Å². The van der Waals surface area contributed by atoms with Crippen molar-refractivity contribution in [2.45, 2.75) is 0 Å². The number of hydrogen-bond donors (Lipinski definition) is 3. The predicted molar refractivity (Wildman–Crippen MR) is 40.8 cm³/mol. The zero-order chi connectivity index (χ0) is 6.69. The van der Waals surface area contributed by atoms with Crippen LogP contribution in [0, 0.1) is 5.92 Å². The zero-order valence-corrected chi connectivity index (χ0v) is 6.62. The van der Waals surface area contributed by atoms with E-state index in [0.717, 1.165) is 13.1 Å². The average Bonchev–Trinajstić information content (AvgIpc) is 1.60. The third-order valence-electron chi connectivity index (χ3n) is 1.40. The third-order valence-corrected chi connectivity index (χ3v) is 1.40. The highest BCUT2D eigenvalue weighted by Crippen LogP contribution is 2.00. The maximum Gasteiger partial charge on any atom is 0.239 e. The minimum Gasteiger partial charge on any atom is -0.315 e. The number of amides is 1. The first kappa shape index (κ1) is 9.68. The number of carbonyl (C=O) groups is 1. The lowest BCUT2D eigenvalue weighted by atomic mass is 10.0. The van der Waals surface area contributed by atoms with E-state index in [0.29, 0.717) is 0 Å². The molecule has 0 aromatic carbocycles. The summed E-state index contributed by atoms with van der Waals surface area (Å²) in [5.74, 6) is 0.258. The Balaban J connectivity index is 0.000000810. The van der Waals surface area contributed by atoms with Crippen LogP contribution in [0.1, 0.15) is 0 Å². The Morgan fingerprint density at radius 1 is 1.60 bits per heavy atom. The van der Waals surface area contributed by atoms with Crippen LogP contribution in [-0.2, 0) is 4.79 Å². The Bertz CT molecular complexity index is 115. The number of rotatable bonds is 2. The van der Waals surface area contributed by atoms with Gasteiger partial charge in [0, 0.05) is 20.1 Å². The Morgan fingerprint density at radius 2 is 2.20 bits per heavy atom. The largest absolute Gasteiger partial charge is 0.315 e. The fourth-order valence-electron chi connectivity index (χ4n) is 0.699. The van der Waals surface area contributed by atoms with Crippen molar-refractivity contribution in [1.29, 1.82) is 0 Å². The fraction of sp³-hybridized carbons (Fsp3) is 0.800. The lowest BCUT2D eigenvalue weighted by Crippen LogP contribution is -2.53. The van der Waals surface area contributed by atoms with Crippen LogP contribution in [0.3, 0.4) is 0 Å². The second kappa shape index (κ2) is 4.49. The summed E-state index contributed by atoms with van der Waals surface area (Å²) in [7, 11) is 1.68. The van der Waals surface area contributed by atoms with Gasteiger partial charge in [0.2, 0.25) is 5.91 Å². The molecule has 0 aromatic heterocycles. The van der Waals surface area contributed by atoms with E-state index in [9.17, 15) is 4.79 Å². The molecular weight excluding hydrogens is 154 g/mol. The molecule has 0 unspecified atom stereocenters. The summed E-state index contributed by atoms with van der Waals surface area (Å²) in [5.41, 5.74) is 5.11. The molecular formula is C5H12ClN3O. The lowest BCUT2D eigenvalue weighted by molar-refractivity contribution is -0.127. The van der Waals surface area contributed by atoms with E-state index < -0.39 is 0 Å². The van der Waals surface area contributed by atoms with E-state index in [1.54, 1.807) is 7.05 Å². The van der Waals surface area contributed by atoms with Crippen molar-refractivity contribution < 1.29 is 4.79 Å². The maximum atomic E-state index is 10.8. The minimum atomic E-state index is 0. The van der Waals surface area contributed by atoms with Gasteiger partial charge in [-0.05, 0) is 0 Å². The van der Waals surface area contributed by atoms with E-state index in [2.05, 4.69) is 16.2 Å². The Kier molecular flexibility index (Phi) is 4.34. The first-order chi connectivity index (χ1) is 4.34. The molecule has 4 nitrogen and oxygen atoms in total. The van der Waals surface area contributed by atoms with Crippen molar-refractivity contribution in [3.8, 4) is 0 Å². The van der Waals surface area contributed by atoms with E-state index in [1.165, 1.54) is 0 Å². The molecule has 0 atom stereocenters. The van der Waals surface area contributed by atoms with Gasteiger partial charge in [0.05, 0.1) is 5.92 Å². The molecule has 0 radical (unpaired) electrons. The van der Waals surface area contributed by atoms with Crippen molar-refractivity contribution in [2.75, 3.05) is 20.1 Å². The van der Waals surface area contributed by atoms with Gasteiger partial charge in [-0.3, -0.25) is 10.2 Å². The Morgan fingerprint density at radius 3 is 2.50 bits per heavy atom. The van der Waals surface area contributed by atoms with Gasteiger partial charge in [-0.1, -0.05) is 0 Å². The summed E-state index contributed by atoms with van der Waals surface area (Å²) in [6, 6.07) is 0. The molecule has 1 saturated heterocycles. The number of nitrogens with one attached hydrogen (secondary N) is 3. The molecule has 0 saturated carbocycles. The summed E-state index contributed by atoms with van der Waals surface area (Å²) in [6.07, 6.45) is 0. The van der Waals surface area contributed by atoms with Crippen LogP contribution in [0.2, 0.25) is 0 Å². The predicted octanol–water partition coefficient (Wildman–Crippen LogP) is -1.12. The molecule has 0 aromatic rings. The van der Waals surface area contributed by atoms with Gasteiger partial charge in [-0.25, -0.2) is 5.43 Å². The summed E-state index contributed by atoms with van der Waals surface area (Å²) in [4.78, 5) is 10.8. The van der Waals surface area contributed by atoms with Gasteiger partial charge in [0.1, 0.15) is 0 Å². The van der Waals surface area contributed by atoms with E-state index in [-0.39, 0.29) is 24.2 Å². The molecule has 1 aliphatic heterocycles. The highest BCUT2D eigenvalue weighted by Gasteiger charge is 2.23.